The van der Waals surface area contributed by atoms with Crippen LogP contribution in [-0.2, 0) is 13.2 Å². The van der Waals surface area contributed by atoms with Gasteiger partial charge in [-0.25, -0.2) is 0 Å². The summed E-state index contributed by atoms with van der Waals surface area (Å²) < 4.78 is 5.54. The molecule has 0 saturated heterocycles. The number of hydrogen-bond donors (Lipinski definition) is 1. The number of rotatable bonds is 4. The second kappa shape index (κ2) is 5.66. The molecule has 0 fully saturated rings. The summed E-state index contributed by atoms with van der Waals surface area (Å²) in [6.07, 6.45) is 3.18. The molecule has 0 spiro atoms. The highest BCUT2D eigenvalue weighted by molar-refractivity contribution is 6.30. The molecule has 0 unspecified atom stereocenters. The van der Waals surface area contributed by atoms with E-state index < -0.39 is 0 Å². The van der Waals surface area contributed by atoms with Crippen LogP contribution in [-0.4, -0.2) is 10.1 Å². The van der Waals surface area contributed by atoms with Crippen molar-refractivity contribution in [3.8, 4) is 5.75 Å². The van der Waals surface area contributed by atoms with Crippen LogP contribution < -0.4 is 4.74 Å². The van der Waals surface area contributed by atoms with Gasteiger partial charge in [-0.15, -0.1) is 0 Å². The number of halogens is 1. The molecule has 88 valence electrons. The Morgan fingerprint density at radius 3 is 2.47 bits per heavy atom. The highest BCUT2D eigenvalue weighted by atomic mass is 35.5. The number of aliphatic hydroxyl groups excluding tert-OH is 1. The predicted octanol–water partition coefficient (Wildman–Crippen LogP) is 2.81. The van der Waals surface area contributed by atoms with Crippen molar-refractivity contribution in [3.63, 3.8) is 0 Å². The van der Waals surface area contributed by atoms with Crippen LogP contribution in [0.4, 0.5) is 0 Å². The Bertz CT molecular complexity index is 485. The summed E-state index contributed by atoms with van der Waals surface area (Å²) in [5.41, 5.74) is 1.92. The third-order valence-corrected chi connectivity index (χ3v) is 2.50. The van der Waals surface area contributed by atoms with Gasteiger partial charge in [0.2, 0.25) is 0 Å². The SMILES string of the molecule is OCc1ccc(COc2cncc(Cl)c2)cc1. The van der Waals surface area contributed by atoms with E-state index in [9.17, 15) is 0 Å². The van der Waals surface area contributed by atoms with Crippen molar-refractivity contribution in [2.24, 2.45) is 0 Å². The molecule has 0 saturated carbocycles. The third-order valence-electron chi connectivity index (χ3n) is 2.29. The van der Waals surface area contributed by atoms with Crippen LogP contribution in [0.15, 0.2) is 42.7 Å². The van der Waals surface area contributed by atoms with E-state index >= 15 is 0 Å². The second-order valence-electron chi connectivity index (χ2n) is 3.60. The van der Waals surface area contributed by atoms with Gasteiger partial charge in [0.1, 0.15) is 12.4 Å². The zero-order valence-electron chi connectivity index (χ0n) is 9.14. The maximum atomic E-state index is 8.91. The molecule has 2 aromatic rings. The summed E-state index contributed by atoms with van der Waals surface area (Å²) in [7, 11) is 0. The zero-order valence-corrected chi connectivity index (χ0v) is 9.89. The van der Waals surface area contributed by atoms with E-state index in [0.29, 0.717) is 17.4 Å². The summed E-state index contributed by atoms with van der Waals surface area (Å²) in [5, 5.41) is 9.47. The molecule has 1 aromatic carbocycles. The van der Waals surface area contributed by atoms with Crippen molar-refractivity contribution in [3.05, 3.63) is 58.9 Å². The van der Waals surface area contributed by atoms with Crippen molar-refractivity contribution in [2.45, 2.75) is 13.2 Å². The lowest BCUT2D eigenvalue weighted by atomic mass is 10.1. The minimum atomic E-state index is 0.0549. The lowest BCUT2D eigenvalue weighted by molar-refractivity contribution is 0.281. The van der Waals surface area contributed by atoms with Crippen molar-refractivity contribution in [1.82, 2.24) is 4.98 Å². The number of aliphatic hydroxyl groups is 1. The number of benzene rings is 1. The average molecular weight is 250 g/mol. The molecular formula is C13H12ClNO2. The van der Waals surface area contributed by atoms with Gasteiger partial charge in [0.25, 0.3) is 0 Å². The molecule has 0 aliphatic carbocycles. The first-order valence-corrected chi connectivity index (χ1v) is 5.58. The lowest BCUT2D eigenvalue weighted by Gasteiger charge is -2.06. The topological polar surface area (TPSA) is 42.4 Å². The van der Waals surface area contributed by atoms with Crippen LogP contribution in [0, 0.1) is 0 Å². The van der Waals surface area contributed by atoms with E-state index in [1.165, 1.54) is 0 Å². The van der Waals surface area contributed by atoms with Crippen LogP contribution in [0.1, 0.15) is 11.1 Å². The number of pyridine rings is 1. The van der Waals surface area contributed by atoms with Gasteiger partial charge >= 0.3 is 0 Å². The summed E-state index contributed by atoms with van der Waals surface area (Å²) in [6.45, 7) is 0.507. The quantitative estimate of drug-likeness (QED) is 0.906. The number of hydrogen-bond acceptors (Lipinski definition) is 3. The highest BCUT2D eigenvalue weighted by Gasteiger charge is 1.98. The Hall–Kier alpha value is -1.58. The summed E-state index contributed by atoms with van der Waals surface area (Å²) >= 11 is 5.80. The molecule has 0 radical (unpaired) electrons. The summed E-state index contributed by atoms with van der Waals surface area (Å²) in [5.74, 6) is 0.642. The molecule has 0 atom stereocenters. The van der Waals surface area contributed by atoms with Crippen molar-refractivity contribution >= 4 is 11.6 Å². The molecule has 1 heterocycles. The number of ether oxygens (including phenoxy) is 1. The molecule has 1 aromatic heterocycles. The molecular weight excluding hydrogens is 238 g/mol. The van der Waals surface area contributed by atoms with Gasteiger partial charge in [0, 0.05) is 12.3 Å². The highest BCUT2D eigenvalue weighted by Crippen LogP contribution is 2.16. The van der Waals surface area contributed by atoms with Gasteiger partial charge < -0.3 is 9.84 Å². The molecule has 0 bridgehead atoms. The van der Waals surface area contributed by atoms with Crippen molar-refractivity contribution in [1.29, 1.82) is 0 Å². The Balaban J connectivity index is 1.97. The molecule has 3 nitrogen and oxygen atoms in total. The van der Waals surface area contributed by atoms with E-state index in [2.05, 4.69) is 4.98 Å². The average Bonchev–Trinajstić information content (AvgIpc) is 2.37. The first-order valence-electron chi connectivity index (χ1n) is 5.20. The van der Waals surface area contributed by atoms with Gasteiger partial charge in [-0.3, -0.25) is 4.98 Å². The molecule has 1 N–H and O–H groups in total. The monoisotopic (exact) mass is 249 g/mol. The van der Waals surface area contributed by atoms with E-state index in [1.54, 1.807) is 18.5 Å². The molecule has 4 heteroatoms. The van der Waals surface area contributed by atoms with E-state index in [0.717, 1.165) is 11.1 Å². The molecule has 0 aliphatic rings. The Morgan fingerprint density at radius 1 is 1.12 bits per heavy atom. The fourth-order valence-electron chi connectivity index (χ4n) is 1.38. The van der Waals surface area contributed by atoms with Crippen LogP contribution in [0.3, 0.4) is 0 Å². The summed E-state index contributed by atoms with van der Waals surface area (Å²) in [4.78, 5) is 3.93. The van der Waals surface area contributed by atoms with Gasteiger partial charge in [-0.2, -0.15) is 0 Å². The third kappa shape index (κ3) is 3.44. The predicted molar refractivity (Wildman–Crippen MR) is 65.9 cm³/mol. The Morgan fingerprint density at radius 2 is 1.82 bits per heavy atom. The first-order chi connectivity index (χ1) is 8.28. The van der Waals surface area contributed by atoms with Crippen LogP contribution in [0.5, 0.6) is 5.75 Å². The van der Waals surface area contributed by atoms with Crippen molar-refractivity contribution in [2.75, 3.05) is 0 Å². The van der Waals surface area contributed by atoms with Crippen molar-refractivity contribution < 1.29 is 9.84 Å². The van der Waals surface area contributed by atoms with Crippen LogP contribution in [0.2, 0.25) is 5.02 Å². The van der Waals surface area contributed by atoms with Crippen LogP contribution >= 0.6 is 11.6 Å². The lowest BCUT2D eigenvalue weighted by Crippen LogP contribution is -1.96. The minimum absolute atomic E-state index is 0.0549. The molecule has 0 aliphatic heterocycles. The van der Waals surface area contributed by atoms with Crippen LogP contribution in [0.25, 0.3) is 0 Å². The standard InChI is InChI=1S/C13H12ClNO2/c14-12-5-13(7-15-6-12)17-9-11-3-1-10(8-16)2-4-11/h1-7,16H,8-9H2. The zero-order chi connectivity index (χ0) is 12.1. The van der Waals surface area contributed by atoms with E-state index in [-0.39, 0.29) is 6.61 Å². The fourth-order valence-corrected chi connectivity index (χ4v) is 1.54. The van der Waals surface area contributed by atoms with Gasteiger partial charge in [0.05, 0.1) is 17.8 Å². The molecule has 17 heavy (non-hydrogen) atoms. The second-order valence-corrected chi connectivity index (χ2v) is 4.04. The minimum Gasteiger partial charge on any atom is -0.487 e. The smallest absolute Gasteiger partial charge is 0.139 e. The van der Waals surface area contributed by atoms with Gasteiger partial charge in [-0.1, -0.05) is 35.9 Å². The maximum Gasteiger partial charge on any atom is 0.139 e. The van der Waals surface area contributed by atoms with Gasteiger partial charge in [0.15, 0.2) is 0 Å². The van der Waals surface area contributed by atoms with E-state index in [4.69, 9.17) is 21.4 Å². The number of nitrogens with zero attached hydrogens (tertiary/aromatic N) is 1. The molecule has 2 rings (SSSR count). The normalized spacial score (nSPS) is 10.2. The fraction of sp³-hybridized carbons (Fsp3) is 0.154. The molecule has 0 amide bonds. The van der Waals surface area contributed by atoms with Gasteiger partial charge in [-0.05, 0) is 11.1 Å². The number of aromatic nitrogens is 1. The Kier molecular flexibility index (Phi) is 3.96. The van der Waals surface area contributed by atoms with E-state index in [1.807, 2.05) is 24.3 Å². The maximum absolute atomic E-state index is 8.91. The summed E-state index contributed by atoms with van der Waals surface area (Å²) in [6, 6.07) is 9.30. The first kappa shape index (κ1) is 11.9. The Labute approximate surface area is 105 Å². The largest absolute Gasteiger partial charge is 0.487 e.